The number of fused-ring (bicyclic) bond motifs is 1. The van der Waals surface area contributed by atoms with Crippen LogP contribution in [0.2, 0.25) is 0 Å². The summed E-state index contributed by atoms with van der Waals surface area (Å²) in [5, 5.41) is 2.20. The van der Waals surface area contributed by atoms with Crippen molar-refractivity contribution in [3.05, 3.63) is 44.1 Å². The highest BCUT2D eigenvalue weighted by molar-refractivity contribution is 9.10. The Bertz CT molecular complexity index is 621. The predicted molar refractivity (Wildman–Crippen MR) is 87.1 cm³/mol. The molecule has 0 amide bonds. The van der Waals surface area contributed by atoms with Gasteiger partial charge >= 0.3 is 0 Å². The van der Waals surface area contributed by atoms with E-state index < -0.39 is 0 Å². The monoisotopic (exact) mass is 336 g/mol. The van der Waals surface area contributed by atoms with Crippen molar-refractivity contribution >= 4 is 38.6 Å². The van der Waals surface area contributed by atoms with Crippen LogP contribution in [0.5, 0.6) is 0 Å². The molecule has 0 saturated heterocycles. The summed E-state index contributed by atoms with van der Waals surface area (Å²) in [4.78, 5) is 4.00. The highest BCUT2D eigenvalue weighted by Crippen LogP contribution is 2.40. The van der Waals surface area contributed by atoms with Crippen molar-refractivity contribution in [2.45, 2.75) is 26.3 Å². The van der Waals surface area contributed by atoms with Gasteiger partial charge in [0.05, 0.1) is 11.7 Å². The SMILES string of the molecule is Cc1cc(N2CCc3sccc3C2C)c(Br)cc1N. The van der Waals surface area contributed by atoms with Gasteiger partial charge in [-0.2, -0.15) is 0 Å². The second-order valence-corrected chi connectivity index (χ2v) is 6.93. The summed E-state index contributed by atoms with van der Waals surface area (Å²) in [5.41, 5.74) is 10.7. The Balaban J connectivity index is 2.02. The summed E-state index contributed by atoms with van der Waals surface area (Å²) in [6.07, 6.45) is 1.13. The van der Waals surface area contributed by atoms with Gasteiger partial charge in [0.15, 0.2) is 0 Å². The smallest absolute Gasteiger partial charge is 0.0525 e. The predicted octanol–water partition coefficient (Wildman–Crippen LogP) is 4.52. The van der Waals surface area contributed by atoms with E-state index >= 15 is 0 Å². The largest absolute Gasteiger partial charge is 0.398 e. The molecule has 4 heteroatoms. The number of nitrogen functional groups attached to an aromatic ring is 1. The van der Waals surface area contributed by atoms with Gasteiger partial charge in [-0.05, 0) is 70.9 Å². The molecule has 2 heterocycles. The topological polar surface area (TPSA) is 29.3 Å². The van der Waals surface area contributed by atoms with Crippen molar-refractivity contribution in [3.8, 4) is 0 Å². The summed E-state index contributed by atoms with van der Waals surface area (Å²) in [6, 6.07) is 6.89. The van der Waals surface area contributed by atoms with E-state index in [1.807, 2.05) is 17.4 Å². The van der Waals surface area contributed by atoms with Gasteiger partial charge < -0.3 is 10.6 Å². The molecule has 1 aliphatic rings. The molecule has 1 unspecified atom stereocenters. The third kappa shape index (κ3) is 2.17. The first-order valence-electron chi connectivity index (χ1n) is 6.46. The molecule has 0 spiro atoms. The maximum Gasteiger partial charge on any atom is 0.0525 e. The highest BCUT2D eigenvalue weighted by atomic mass is 79.9. The minimum atomic E-state index is 0.425. The maximum atomic E-state index is 5.97. The number of rotatable bonds is 1. The minimum Gasteiger partial charge on any atom is -0.398 e. The van der Waals surface area contributed by atoms with Crippen LogP contribution in [-0.2, 0) is 6.42 Å². The van der Waals surface area contributed by atoms with Gasteiger partial charge in [0, 0.05) is 21.6 Å². The first-order valence-corrected chi connectivity index (χ1v) is 8.13. The average molecular weight is 337 g/mol. The minimum absolute atomic E-state index is 0.425. The number of hydrogen-bond acceptors (Lipinski definition) is 3. The van der Waals surface area contributed by atoms with Gasteiger partial charge in [-0.3, -0.25) is 0 Å². The van der Waals surface area contributed by atoms with E-state index in [0.29, 0.717) is 6.04 Å². The second-order valence-electron chi connectivity index (χ2n) is 5.08. The molecule has 1 aliphatic heterocycles. The molecule has 1 aromatic heterocycles. The van der Waals surface area contributed by atoms with Crippen LogP contribution in [0, 0.1) is 6.92 Å². The molecule has 1 atom stereocenters. The summed E-state index contributed by atoms with van der Waals surface area (Å²) in [5.74, 6) is 0. The van der Waals surface area contributed by atoms with Gasteiger partial charge in [0.25, 0.3) is 0 Å². The Kier molecular flexibility index (Phi) is 3.31. The highest BCUT2D eigenvalue weighted by Gasteiger charge is 2.26. The molecule has 2 nitrogen and oxygen atoms in total. The molecular weight excluding hydrogens is 320 g/mol. The molecule has 100 valence electrons. The number of aryl methyl sites for hydroxylation is 1. The van der Waals surface area contributed by atoms with Crippen molar-refractivity contribution < 1.29 is 0 Å². The Morgan fingerprint density at radius 3 is 3.00 bits per heavy atom. The summed E-state index contributed by atoms with van der Waals surface area (Å²) < 4.78 is 1.08. The molecule has 19 heavy (non-hydrogen) atoms. The quantitative estimate of drug-likeness (QED) is 0.775. The van der Waals surface area contributed by atoms with Crippen molar-refractivity contribution in [3.63, 3.8) is 0 Å². The average Bonchev–Trinajstić information content (AvgIpc) is 2.84. The molecule has 1 aromatic carbocycles. The lowest BCUT2D eigenvalue weighted by Crippen LogP contribution is -2.33. The molecule has 0 saturated carbocycles. The molecule has 3 rings (SSSR count). The first-order chi connectivity index (χ1) is 9.08. The Morgan fingerprint density at radius 1 is 1.42 bits per heavy atom. The number of hydrogen-bond donors (Lipinski definition) is 1. The molecule has 0 radical (unpaired) electrons. The van der Waals surface area contributed by atoms with Crippen molar-refractivity contribution in [2.24, 2.45) is 0 Å². The lowest BCUT2D eigenvalue weighted by Gasteiger charge is -2.36. The lowest BCUT2D eigenvalue weighted by atomic mass is 10.00. The van der Waals surface area contributed by atoms with E-state index in [4.69, 9.17) is 5.73 Å². The normalized spacial score (nSPS) is 18.5. The fourth-order valence-electron chi connectivity index (χ4n) is 2.74. The Morgan fingerprint density at radius 2 is 2.21 bits per heavy atom. The number of thiophene rings is 1. The van der Waals surface area contributed by atoms with E-state index in [2.05, 4.69) is 52.2 Å². The third-order valence-electron chi connectivity index (χ3n) is 3.92. The number of anilines is 2. The third-order valence-corrected chi connectivity index (χ3v) is 5.55. The summed E-state index contributed by atoms with van der Waals surface area (Å²) >= 11 is 5.53. The number of benzene rings is 1. The van der Waals surface area contributed by atoms with E-state index in [9.17, 15) is 0 Å². The lowest BCUT2D eigenvalue weighted by molar-refractivity contribution is 0.631. The Labute approximate surface area is 126 Å². The zero-order valence-corrected chi connectivity index (χ0v) is 13.5. The summed E-state index contributed by atoms with van der Waals surface area (Å²) in [7, 11) is 0. The maximum absolute atomic E-state index is 5.97. The van der Waals surface area contributed by atoms with E-state index in [-0.39, 0.29) is 0 Å². The number of nitrogens with two attached hydrogens (primary N) is 1. The molecule has 2 aromatic rings. The Hall–Kier alpha value is -1.00. The van der Waals surface area contributed by atoms with Crippen molar-refractivity contribution in [1.29, 1.82) is 0 Å². The van der Waals surface area contributed by atoms with Gasteiger partial charge in [0.1, 0.15) is 0 Å². The van der Waals surface area contributed by atoms with Crippen LogP contribution in [0.25, 0.3) is 0 Å². The fraction of sp³-hybridized carbons (Fsp3) is 0.333. The molecule has 0 bridgehead atoms. The van der Waals surface area contributed by atoms with E-state index in [1.165, 1.54) is 16.1 Å². The molecule has 0 aliphatic carbocycles. The molecule has 0 fully saturated rings. The van der Waals surface area contributed by atoms with E-state index in [1.54, 1.807) is 0 Å². The van der Waals surface area contributed by atoms with Gasteiger partial charge in [0.2, 0.25) is 0 Å². The zero-order chi connectivity index (χ0) is 13.6. The second kappa shape index (κ2) is 4.84. The van der Waals surface area contributed by atoms with Crippen LogP contribution in [0.4, 0.5) is 11.4 Å². The van der Waals surface area contributed by atoms with E-state index in [0.717, 1.165) is 28.7 Å². The summed E-state index contributed by atoms with van der Waals surface area (Å²) in [6.45, 7) is 5.41. The van der Waals surface area contributed by atoms with Gasteiger partial charge in [-0.15, -0.1) is 11.3 Å². The zero-order valence-electron chi connectivity index (χ0n) is 11.1. The van der Waals surface area contributed by atoms with Crippen LogP contribution in [0.15, 0.2) is 28.1 Å². The first kappa shape index (κ1) is 13.0. The van der Waals surface area contributed by atoms with Crippen LogP contribution >= 0.6 is 27.3 Å². The van der Waals surface area contributed by atoms with Gasteiger partial charge in [-0.25, -0.2) is 0 Å². The fourth-order valence-corrected chi connectivity index (χ4v) is 4.29. The van der Waals surface area contributed by atoms with Gasteiger partial charge in [-0.1, -0.05) is 0 Å². The van der Waals surface area contributed by atoms with Crippen molar-refractivity contribution in [1.82, 2.24) is 0 Å². The molecular formula is C15H17BrN2S. The number of halogens is 1. The van der Waals surface area contributed by atoms with Crippen molar-refractivity contribution in [2.75, 3.05) is 17.2 Å². The van der Waals surface area contributed by atoms with Crippen LogP contribution in [-0.4, -0.2) is 6.54 Å². The van der Waals surface area contributed by atoms with Crippen LogP contribution in [0.1, 0.15) is 29.0 Å². The molecule has 2 N–H and O–H groups in total. The standard InChI is InChI=1S/C15H17BrN2S/c1-9-7-14(12(16)8-13(9)17)18-5-3-15-11(10(18)2)4-6-19-15/h4,6-8,10H,3,5,17H2,1-2H3. The van der Waals surface area contributed by atoms with Crippen LogP contribution in [0.3, 0.4) is 0 Å². The number of nitrogens with zero attached hydrogens (tertiary/aromatic N) is 1. The van der Waals surface area contributed by atoms with Crippen LogP contribution < -0.4 is 10.6 Å².